The van der Waals surface area contributed by atoms with Crippen LogP contribution in [0.2, 0.25) is 0 Å². The maximum Gasteiger partial charge on any atom is 0.340 e. The van der Waals surface area contributed by atoms with E-state index in [0.717, 1.165) is 5.56 Å². The number of hydrogen-bond donors (Lipinski definition) is 0. The Morgan fingerprint density at radius 3 is 2.54 bits per heavy atom. The van der Waals surface area contributed by atoms with Crippen LogP contribution in [0.15, 0.2) is 66.5 Å². The van der Waals surface area contributed by atoms with Gasteiger partial charge in [-0.15, -0.1) is 6.58 Å². The molecule has 0 N–H and O–H groups in total. The zero-order valence-corrected chi connectivity index (χ0v) is 14.3. The number of carbonyl (C=O) groups is 1. The number of esters is 1. The van der Waals surface area contributed by atoms with E-state index in [1.807, 2.05) is 18.2 Å². The molecule has 3 heteroatoms. The van der Waals surface area contributed by atoms with E-state index in [0.29, 0.717) is 17.8 Å². The quantitative estimate of drug-likeness (QED) is 0.581. The summed E-state index contributed by atoms with van der Waals surface area (Å²) < 4.78 is 11.1. The average molecular weight is 322 g/mol. The minimum absolute atomic E-state index is 0.0706. The topological polar surface area (TPSA) is 35.5 Å². The van der Waals surface area contributed by atoms with E-state index in [2.05, 4.69) is 36.9 Å². The zero-order chi connectivity index (χ0) is 17.3. The molecule has 1 heterocycles. The zero-order valence-electron chi connectivity index (χ0n) is 14.3. The highest BCUT2D eigenvalue weighted by Crippen LogP contribution is 2.34. The lowest BCUT2D eigenvalue weighted by molar-refractivity contribution is -0.208. The van der Waals surface area contributed by atoms with Crippen molar-refractivity contribution in [2.75, 3.05) is 0 Å². The van der Waals surface area contributed by atoms with Gasteiger partial charge in [0.05, 0.1) is 5.57 Å². The fourth-order valence-corrected chi connectivity index (χ4v) is 2.98. The van der Waals surface area contributed by atoms with Gasteiger partial charge in [-0.25, -0.2) is 4.79 Å². The fourth-order valence-electron chi connectivity index (χ4n) is 2.98. The molecular formula is C21H22O3. The standard InChI is InChI=1S/C21H22O3/c1-5-15(13-19-14(2)20(22)24-21(3,4)23-19)18-11-10-16-8-6-7-9-17(16)12-18/h5-12,15H,1,13H2,2-4H3/t15-/m1/s1. The van der Waals surface area contributed by atoms with Gasteiger partial charge in [0.15, 0.2) is 0 Å². The molecule has 0 saturated carbocycles. The van der Waals surface area contributed by atoms with Gasteiger partial charge in [-0.3, -0.25) is 0 Å². The van der Waals surface area contributed by atoms with E-state index in [4.69, 9.17) is 9.47 Å². The molecule has 0 aliphatic carbocycles. The summed E-state index contributed by atoms with van der Waals surface area (Å²) in [5.74, 6) is -0.501. The molecule has 1 aliphatic heterocycles. The molecule has 3 nitrogen and oxygen atoms in total. The van der Waals surface area contributed by atoms with Crippen molar-refractivity contribution in [3.63, 3.8) is 0 Å². The van der Waals surface area contributed by atoms with Crippen LogP contribution in [0.25, 0.3) is 10.8 Å². The first-order chi connectivity index (χ1) is 11.4. The Bertz CT molecular complexity index is 830. The molecule has 1 atom stereocenters. The molecule has 3 rings (SSSR count). The summed E-state index contributed by atoms with van der Waals surface area (Å²) in [5.41, 5.74) is 1.69. The third-order valence-electron chi connectivity index (χ3n) is 4.32. The molecule has 0 saturated heterocycles. The molecule has 2 aromatic carbocycles. The van der Waals surface area contributed by atoms with Crippen molar-refractivity contribution in [1.29, 1.82) is 0 Å². The second-order valence-corrected chi connectivity index (χ2v) is 6.59. The fraction of sp³-hybridized carbons (Fsp3) is 0.286. The van der Waals surface area contributed by atoms with Gasteiger partial charge in [0.1, 0.15) is 5.76 Å². The van der Waals surface area contributed by atoms with Crippen LogP contribution in [-0.4, -0.2) is 11.8 Å². The lowest BCUT2D eigenvalue weighted by Gasteiger charge is -2.33. The van der Waals surface area contributed by atoms with Crippen molar-refractivity contribution < 1.29 is 14.3 Å². The Morgan fingerprint density at radius 2 is 1.83 bits per heavy atom. The van der Waals surface area contributed by atoms with Gasteiger partial charge in [-0.05, 0) is 23.3 Å². The number of ether oxygens (including phenoxy) is 2. The number of carbonyl (C=O) groups excluding carboxylic acids is 1. The maximum absolute atomic E-state index is 12.0. The van der Waals surface area contributed by atoms with Crippen LogP contribution in [0, 0.1) is 0 Å². The normalized spacial score (nSPS) is 18.0. The van der Waals surface area contributed by atoms with Gasteiger partial charge in [-0.1, -0.05) is 48.5 Å². The van der Waals surface area contributed by atoms with Crippen molar-refractivity contribution in [3.05, 3.63) is 72.0 Å². The lowest BCUT2D eigenvalue weighted by Crippen LogP contribution is -2.36. The Kier molecular flexibility index (Phi) is 4.18. The van der Waals surface area contributed by atoms with E-state index < -0.39 is 5.79 Å². The summed E-state index contributed by atoms with van der Waals surface area (Å²) >= 11 is 0. The predicted octanol–water partition coefficient (Wildman–Crippen LogP) is 5.08. The van der Waals surface area contributed by atoms with Crippen molar-refractivity contribution in [2.24, 2.45) is 0 Å². The summed E-state index contributed by atoms with van der Waals surface area (Å²) in [7, 11) is 0. The van der Waals surface area contributed by atoms with Crippen LogP contribution >= 0.6 is 0 Å². The van der Waals surface area contributed by atoms with E-state index in [-0.39, 0.29) is 11.9 Å². The van der Waals surface area contributed by atoms with E-state index in [9.17, 15) is 4.79 Å². The monoisotopic (exact) mass is 322 g/mol. The van der Waals surface area contributed by atoms with Gasteiger partial charge >= 0.3 is 5.97 Å². The first-order valence-electron chi connectivity index (χ1n) is 8.13. The molecule has 2 aromatic rings. The number of benzene rings is 2. The van der Waals surface area contributed by atoms with Crippen molar-refractivity contribution >= 4 is 16.7 Å². The van der Waals surface area contributed by atoms with Gasteiger partial charge in [0, 0.05) is 26.2 Å². The SMILES string of the molecule is C=C[C@H](CC1=C(C)C(=O)OC(C)(C)O1)c1ccc2ccccc2c1. The Labute approximate surface area is 142 Å². The largest absolute Gasteiger partial charge is 0.457 e. The number of rotatable bonds is 4. The second-order valence-electron chi connectivity index (χ2n) is 6.59. The number of hydrogen-bond acceptors (Lipinski definition) is 3. The number of fused-ring (bicyclic) bond motifs is 1. The highest BCUT2D eigenvalue weighted by molar-refractivity contribution is 5.89. The third-order valence-corrected chi connectivity index (χ3v) is 4.32. The summed E-state index contributed by atoms with van der Waals surface area (Å²) in [6, 6.07) is 14.6. The molecule has 0 aromatic heterocycles. The summed E-state index contributed by atoms with van der Waals surface area (Å²) in [5, 5.41) is 2.40. The minimum Gasteiger partial charge on any atom is -0.457 e. The van der Waals surface area contributed by atoms with Crippen LogP contribution in [0.3, 0.4) is 0 Å². The molecule has 0 amide bonds. The van der Waals surface area contributed by atoms with Crippen LogP contribution in [0.1, 0.15) is 38.7 Å². The summed E-state index contributed by atoms with van der Waals surface area (Å²) in [6.07, 6.45) is 2.49. The van der Waals surface area contributed by atoms with E-state index in [1.54, 1.807) is 20.8 Å². The van der Waals surface area contributed by atoms with Crippen LogP contribution < -0.4 is 0 Å². The van der Waals surface area contributed by atoms with Gasteiger partial charge < -0.3 is 9.47 Å². The second kappa shape index (κ2) is 6.16. The molecule has 0 spiro atoms. The molecule has 0 bridgehead atoms. The summed E-state index contributed by atoms with van der Waals surface area (Å²) in [6.45, 7) is 9.21. The van der Waals surface area contributed by atoms with Gasteiger partial charge in [-0.2, -0.15) is 0 Å². The molecule has 24 heavy (non-hydrogen) atoms. The Balaban J connectivity index is 1.92. The van der Waals surface area contributed by atoms with E-state index in [1.165, 1.54) is 10.8 Å². The average Bonchev–Trinajstić information content (AvgIpc) is 2.56. The molecule has 0 radical (unpaired) electrons. The number of allylic oxidation sites excluding steroid dienone is 2. The highest BCUT2D eigenvalue weighted by atomic mass is 16.7. The lowest BCUT2D eigenvalue weighted by atomic mass is 9.91. The van der Waals surface area contributed by atoms with Crippen molar-refractivity contribution in [3.8, 4) is 0 Å². The minimum atomic E-state index is -0.930. The van der Waals surface area contributed by atoms with Crippen molar-refractivity contribution in [1.82, 2.24) is 0 Å². The van der Waals surface area contributed by atoms with Crippen LogP contribution in [0.5, 0.6) is 0 Å². The Morgan fingerprint density at radius 1 is 1.12 bits per heavy atom. The van der Waals surface area contributed by atoms with Gasteiger partial charge in [0.25, 0.3) is 0 Å². The number of cyclic esters (lactones) is 1. The predicted molar refractivity (Wildman–Crippen MR) is 95.5 cm³/mol. The molecule has 0 unspecified atom stereocenters. The molecule has 124 valence electrons. The molecular weight excluding hydrogens is 300 g/mol. The third kappa shape index (κ3) is 3.21. The van der Waals surface area contributed by atoms with Crippen LogP contribution in [-0.2, 0) is 14.3 Å². The smallest absolute Gasteiger partial charge is 0.340 e. The maximum atomic E-state index is 12.0. The Hall–Kier alpha value is -2.55. The first-order valence-corrected chi connectivity index (χ1v) is 8.13. The van der Waals surface area contributed by atoms with Gasteiger partial charge in [0.2, 0.25) is 5.79 Å². The highest BCUT2D eigenvalue weighted by Gasteiger charge is 2.34. The van der Waals surface area contributed by atoms with Crippen molar-refractivity contribution in [2.45, 2.75) is 38.9 Å². The van der Waals surface area contributed by atoms with E-state index >= 15 is 0 Å². The summed E-state index contributed by atoms with van der Waals surface area (Å²) in [4.78, 5) is 12.0. The first kappa shape index (κ1) is 16.3. The molecule has 1 aliphatic rings. The van der Waals surface area contributed by atoms with Crippen LogP contribution in [0.4, 0.5) is 0 Å². The molecule has 0 fully saturated rings.